The Bertz CT molecular complexity index is 465. The second-order valence-electron chi connectivity index (χ2n) is 5.79. The molecule has 0 aromatic heterocycles. The maximum absolute atomic E-state index is 12.0. The van der Waals surface area contributed by atoms with E-state index < -0.39 is 0 Å². The molecule has 4 heteroatoms. The van der Waals surface area contributed by atoms with Crippen molar-refractivity contribution in [3.8, 4) is 0 Å². The zero-order valence-electron chi connectivity index (χ0n) is 12.7. The van der Waals surface area contributed by atoms with Crippen molar-refractivity contribution in [3.63, 3.8) is 0 Å². The Kier molecular flexibility index (Phi) is 5.78. The van der Waals surface area contributed by atoms with Crippen LogP contribution in [-0.2, 0) is 4.79 Å². The summed E-state index contributed by atoms with van der Waals surface area (Å²) in [6.07, 6.45) is 3.43. The van der Waals surface area contributed by atoms with Crippen LogP contribution in [0.3, 0.4) is 0 Å². The summed E-state index contributed by atoms with van der Waals surface area (Å²) in [6, 6.07) is 9.14. The highest BCUT2D eigenvalue weighted by Gasteiger charge is 2.19. The van der Waals surface area contributed by atoms with Gasteiger partial charge in [0.15, 0.2) is 0 Å². The molecule has 0 atom stereocenters. The van der Waals surface area contributed by atoms with Crippen LogP contribution in [0.5, 0.6) is 0 Å². The van der Waals surface area contributed by atoms with Crippen molar-refractivity contribution in [1.29, 1.82) is 0 Å². The van der Waals surface area contributed by atoms with Gasteiger partial charge in [-0.3, -0.25) is 9.59 Å². The van der Waals surface area contributed by atoms with Crippen LogP contribution in [0.25, 0.3) is 0 Å². The van der Waals surface area contributed by atoms with Gasteiger partial charge in [0.25, 0.3) is 5.91 Å². The van der Waals surface area contributed by atoms with Gasteiger partial charge < -0.3 is 10.2 Å². The molecule has 0 aliphatic carbocycles. The van der Waals surface area contributed by atoms with Gasteiger partial charge in [-0.1, -0.05) is 25.1 Å². The number of rotatable bonds is 5. The lowest BCUT2D eigenvalue weighted by atomic mass is 9.99. The second kappa shape index (κ2) is 7.81. The maximum atomic E-state index is 12.0. The summed E-state index contributed by atoms with van der Waals surface area (Å²) in [5, 5.41) is 2.85. The van der Waals surface area contributed by atoms with E-state index in [0.29, 0.717) is 24.9 Å². The zero-order chi connectivity index (χ0) is 15.1. The Morgan fingerprint density at radius 3 is 2.52 bits per heavy atom. The summed E-state index contributed by atoms with van der Waals surface area (Å²) < 4.78 is 0. The van der Waals surface area contributed by atoms with Crippen molar-refractivity contribution >= 4 is 11.8 Å². The molecule has 1 fully saturated rings. The molecule has 0 saturated carbocycles. The first-order valence-corrected chi connectivity index (χ1v) is 7.78. The fraction of sp³-hybridized carbons (Fsp3) is 0.529. The Labute approximate surface area is 126 Å². The van der Waals surface area contributed by atoms with Crippen LogP contribution < -0.4 is 5.32 Å². The fourth-order valence-corrected chi connectivity index (χ4v) is 2.55. The van der Waals surface area contributed by atoms with Gasteiger partial charge in [-0.2, -0.15) is 0 Å². The molecule has 0 bridgehead atoms. The molecular weight excluding hydrogens is 264 g/mol. The minimum absolute atomic E-state index is 0.0742. The summed E-state index contributed by atoms with van der Waals surface area (Å²) in [5.74, 6) is 0.880. The second-order valence-corrected chi connectivity index (χ2v) is 5.79. The van der Waals surface area contributed by atoms with E-state index in [0.717, 1.165) is 31.8 Å². The number of nitrogens with one attached hydrogen (secondary N) is 1. The summed E-state index contributed by atoms with van der Waals surface area (Å²) in [7, 11) is 0. The minimum Gasteiger partial charge on any atom is -0.352 e. The maximum Gasteiger partial charge on any atom is 0.251 e. The lowest BCUT2D eigenvalue weighted by Gasteiger charge is -2.30. The van der Waals surface area contributed by atoms with Crippen LogP contribution in [0.2, 0.25) is 0 Å². The molecule has 2 rings (SSSR count). The molecule has 4 nitrogen and oxygen atoms in total. The quantitative estimate of drug-likeness (QED) is 0.846. The first-order valence-electron chi connectivity index (χ1n) is 7.78. The summed E-state index contributed by atoms with van der Waals surface area (Å²) in [5.41, 5.74) is 0.661. The number of piperidine rings is 1. The first-order chi connectivity index (χ1) is 10.2. The minimum atomic E-state index is -0.0742. The average Bonchev–Trinajstić information content (AvgIpc) is 2.52. The Balaban J connectivity index is 1.63. The van der Waals surface area contributed by atoms with Gasteiger partial charge in [-0.25, -0.2) is 0 Å². The van der Waals surface area contributed by atoms with E-state index in [1.54, 1.807) is 12.1 Å². The first kappa shape index (κ1) is 15.5. The van der Waals surface area contributed by atoms with Gasteiger partial charge in [0, 0.05) is 31.6 Å². The number of benzene rings is 1. The van der Waals surface area contributed by atoms with Crippen molar-refractivity contribution < 1.29 is 9.59 Å². The number of amides is 2. The molecular formula is C17H24N2O2. The van der Waals surface area contributed by atoms with Crippen LogP contribution in [0.4, 0.5) is 0 Å². The molecule has 1 saturated heterocycles. The third kappa shape index (κ3) is 4.88. The topological polar surface area (TPSA) is 49.4 Å². The van der Waals surface area contributed by atoms with Crippen LogP contribution in [0.1, 0.15) is 43.0 Å². The lowest BCUT2D eigenvalue weighted by molar-refractivity contribution is -0.132. The lowest BCUT2D eigenvalue weighted by Crippen LogP contribution is -2.38. The van der Waals surface area contributed by atoms with Gasteiger partial charge in [-0.15, -0.1) is 0 Å². The van der Waals surface area contributed by atoms with Gasteiger partial charge in [0.05, 0.1) is 0 Å². The van der Waals surface area contributed by atoms with Crippen molar-refractivity contribution in [3.05, 3.63) is 35.9 Å². The number of hydrogen-bond acceptors (Lipinski definition) is 2. The number of carbonyl (C=O) groups excluding carboxylic acids is 2. The molecule has 1 N–H and O–H groups in total. The molecule has 0 radical (unpaired) electrons. The average molecular weight is 288 g/mol. The largest absolute Gasteiger partial charge is 0.352 e. The molecule has 21 heavy (non-hydrogen) atoms. The van der Waals surface area contributed by atoms with E-state index in [1.807, 2.05) is 23.1 Å². The highest BCUT2D eigenvalue weighted by Crippen LogP contribution is 2.16. The summed E-state index contributed by atoms with van der Waals surface area (Å²) >= 11 is 0. The Morgan fingerprint density at radius 1 is 1.19 bits per heavy atom. The van der Waals surface area contributed by atoms with E-state index in [-0.39, 0.29) is 11.8 Å². The third-order valence-corrected chi connectivity index (χ3v) is 4.03. The SMILES string of the molecule is CC1CCN(C(=O)CCCNC(=O)c2ccccc2)CC1. The van der Waals surface area contributed by atoms with Crippen molar-refractivity contribution in [2.24, 2.45) is 5.92 Å². The number of likely N-dealkylation sites (tertiary alicyclic amines) is 1. The van der Waals surface area contributed by atoms with Crippen LogP contribution in [0.15, 0.2) is 30.3 Å². The van der Waals surface area contributed by atoms with Gasteiger partial charge in [0.2, 0.25) is 5.91 Å². The van der Waals surface area contributed by atoms with Gasteiger partial charge in [0.1, 0.15) is 0 Å². The monoisotopic (exact) mass is 288 g/mol. The molecule has 2 amide bonds. The number of carbonyl (C=O) groups is 2. The zero-order valence-corrected chi connectivity index (χ0v) is 12.7. The molecule has 1 aliphatic heterocycles. The standard InChI is InChI=1S/C17H24N2O2/c1-14-9-12-19(13-10-14)16(20)8-5-11-18-17(21)15-6-3-2-4-7-15/h2-4,6-7,14H,5,8-13H2,1H3,(H,18,21). The summed E-state index contributed by atoms with van der Waals surface area (Å²) in [4.78, 5) is 25.8. The molecule has 1 heterocycles. The van der Waals surface area contributed by atoms with Crippen LogP contribution in [0, 0.1) is 5.92 Å². The highest BCUT2D eigenvalue weighted by molar-refractivity contribution is 5.94. The van der Waals surface area contributed by atoms with E-state index >= 15 is 0 Å². The summed E-state index contributed by atoms with van der Waals surface area (Å²) in [6.45, 7) is 4.55. The van der Waals surface area contributed by atoms with Crippen molar-refractivity contribution in [2.75, 3.05) is 19.6 Å². The number of nitrogens with zero attached hydrogens (tertiary/aromatic N) is 1. The smallest absolute Gasteiger partial charge is 0.251 e. The molecule has 0 unspecified atom stereocenters. The molecule has 1 aromatic rings. The van der Waals surface area contributed by atoms with Crippen LogP contribution >= 0.6 is 0 Å². The van der Waals surface area contributed by atoms with E-state index in [1.165, 1.54) is 0 Å². The predicted octanol–water partition coefficient (Wildman–Crippen LogP) is 2.46. The number of hydrogen-bond donors (Lipinski definition) is 1. The molecule has 114 valence electrons. The van der Waals surface area contributed by atoms with Gasteiger partial charge in [-0.05, 0) is 37.3 Å². The van der Waals surface area contributed by atoms with Gasteiger partial charge >= 0.3 is 0 Å². The Morgan fingerprint density at radius 2 is 1.86 bits per heavy atom. The molecule has 0 spiro atoms. The Hall–Kier alpha value is -1.84. The molecule has 1 aliphatic rings. The van der Waals surface area contributed by atoms with E-state index in [9.17, 15) is 9.59 Å². The predicted molar refractivity (Wildman–Crippen MR) is 83.0 cm³/mol. The fourth-order valence-electron chi connectivity index (χ4n) is 2.55. The third-order valence-electron chi connectivity index (χ3n) is 4.03. The van der Waals surface area contributed by atoms with E-state index in [4.69, 9.17) is 0 Å². The van der Waals surface area contributed by atoms with Crippen molar-refractivity contribution in [1.82, 2.24) is 10.2 Å². The van der Waals surface area contributed by atoms with Crippen molar-refractivity contribution in [2.45, 2.75) is 32.6 Å². The van der Waals surface area contributed by atoms with E-state index in [2.05, 4.69) is 12.2 Å². The normalized spacial score (nSPS) is 15.8. The highest BCUT2D eigenvalue weighted by atomic mass is 16.2. The molecule has 1 aromatic carbocycles. The van der Waals surface area contributed by atoms with Crippen LogP contribution in [-0.4, -0.2) is 36.3 Å².